The number of aliphatic imine (C=N–C) groups is 1. The first-order valence-corrected chi connectivity index (χ1v) is 9.65. The normalized spacial score (nSPS) is 17.4. The summed E-state index contributed by atoms with van der Waals surface area (Å²) in [5.74, 6) is 0.881. The van der Waals surface area contributed by atoms with E-state index in [1.165, 1.54) is 0 Å². The minimum atomic E-state index is 0. The van der Waals surface area contributed by atoms with Gasteiger partial charge in [0.15, 0.2) is 5.96 Å². The van der Waals surface area contributed by atoms with Gasteiger partial charge >= 0.3 is 0 Å². The van der Waals surface area contributed by atoms with E-state index in [1.807, 2.05) is 0 Å². The van der Waals surface area contributed by atoms with Gasteiger partial charge in [-0.05, 0) is 39.7 Å². The maximum Gasteiger partial charge on any atom is 0.191 e. The fourth-order valence-corrected chi connectivity index (χ4v) is 2.65. The molecular formula is C18H39IN4O3. The smallest absolute Gasteiger partial charge is 0.191 e. The quantitative estimate of drug-likeness (QED) is 0.169. The van der Waals surface area contributed by atoms with Gasteiger partial charge in [0.05, 0.1) is 12.7 Å². The average Bonchev–Trinajstić information content (AvgIpc) is 3.11. The van der Waals surface area contributed by atoms with Crippen molar-refractivity contribution in [2.45, 2.75) is 38.7 Å². The summed E-state index contributed by atoms with van der Waals surface area (Å²) in [5.41, 5.74) is 0. The van der Waals surface area contributed by atoms with Gasteiger partial charge in [-0.1, -0.05) is 0 Å². The van der Waals surface area contributed by atoms with Gasteiger partial charge in [0.1, 0.15) is 0 Å². The van der Waals surface area contributed by atoms with E-state index in [-0.39, 0.29) is 24.0 Å². The molecule has 1 aliphatic rings. The predicted octanol–water partition coefficient (Wildman–Crippen LogP) is 1.71. The molecule has 0 aromatic heterocycles. The van der Waals surface area contributed by atoms with Crippen LogP contribution >= 0.6 is 24.0 Å². The molecule has 2 N–H and O–H groups in total. The van der Waals surface area contributed by atoms with E-state index in [0.717, 1.165) is 90.8 Å². The molecule has 0 aliphatic carbocycles. The second-order valence-corrected chi connectivity index (χ2v) is 6.40. The van der Waals surface area contributed by atoms with Crippen molar-refractivity contribution in [3.8, 4) is 0 Å². The number of nitrogens with zero attached hydrogens (tertiary/aromatic N) is 2. The minimum Gasteiger partial charge on any atom is -0.385 e. The van der Waals surface area contributed by atoms with E-state index in [0.29, 0.717) is 6.10 Å². The number of ether oxygens (including phenoxy) is 3. The zero-order valence-electron chi connectivity index (χ0n) is 16.8. The molecule has 1 aliphatic heterocycles. The van der Waals surface area contributed by atoms with Gasteiger partial charge < -0.3 is 29.7 Å². The maximum absolute atomic E-state index is 5.67. The molecule has 8 heteroatoms. The Hall–Kier alpha value is -0.160. The summed E-state index contributed by atoms with van der Waals surface area (Å²) in [6.45, 7) is 9.79. The van der Waals surface area contributed by atoms with Crippen molar-refractivity contribution in [2.24, 2.45) is 4.99 Å². The Balaban J connectivity index is 0.00000625. The van der Waals surface area contributed by atoms with Gasteiger partial charge in [-0.3, -0.25) is 4.99 Å². The number of likely N-dealkylation sites (N-methyl/N-ethyl adjacent to an activating group) is 1. The van der Waals surface area contributed by atoms with Crippen LogP contribution in [0.15, 0.2) is 4.99 Å². The van der Waals surface area contributed by atoms with Gasteiger partial charge in [0.2, 0.25) is 0 Å². The number of hydrogen-bond donors (Lipinski definition) is 2. The second-order valence-electron chi connectivity index (χ2n) is 6.40. The summed E-state index contributed by atoms with van der Waals surface area (Å²) in [7, 11) is 3.88. The van der Waals surface area contributed by atoms with Crippen molar-refractivity contribution in [2.75, 3.05) is 73.3 Å². The van der Waals surface area contributed by atoms with Crippen molar-refractivity contribution >= 4 is 29.9 Å². The zero-order valence-corrected chi connectivity index (χ0v) is 19.1. The van der Waals surface area contributed by atoms with E-state index in [2.05, 4.69) is 34.5 Å². The van der Waals surface area contributed by atoms with Gasteiger partial charge in [-0.25, -0.2) is 0 Å². The first-order chi connectivity index (χ1) is 12.3. The first-order valence-electron chi connectivity index (χ1n) is 9.65. The molecule has 1 heterocycles. The van der Waals surface area contributed by atoms with E-state index in [1.54, 1.807) is 7.11 Å². The Kier molecular flexibility index (Phi) is 18.1. The largest absolute Gasteiger partial charge is 0.385 e. The van der Waals surface area contributed by atoms with Crippen LogP contribution in [0.3, 0.4) is 0 Å². The molecule has 1 saturated heterocycles. The van der Waals surface area contributed by atoms with Crippen LogP contribution in [0.1, 0.15) is 32.6 Å². The number of hydrogen-bond acceptors (Lipinski definition) is 5. The van der Waals surface area contributed by atoms with Crippen LogP contribution in [0.5, 0.6) is 0 Å². The van der Waals surface area contributed by atoms with E-state index in [9.17, 15) is 0 Å². The second kappa shape index (κ2) is 18.2. The van der Waals surface area contributed by atoms with Gasteiger partial charge in [-0.2, -0.15) is 0 Å². The number of methoxy groups -OCH3 is 1. The lowest BCUT2D eigenvalue weighted by molar-refractivity contribution is 0.0171. The third-order valence-corrected chi connectivity index (χ3v) is 4.06. The molecule has 0 aromatic carbocycles. The zero-order chi connectivity index (χ0) is 18.2. The molecule has 1 unspecified atom stereocenters. The van der Waals surface area contributed by atoms with Crippen LogP contribution in [0.4, 0.5) is 0 Å². The van der Waals surface area contributed by atoms with Crippen molar-refractivity contribution < 1.29 is 14.2 Å². The SMILES string of the molecule is CCNC(=NCCCOCC1CCCO1)NCCN(C)CCCOC.I. The monoisotopic (exact) mass is 486 g/mol. The molecule has 0 radical (unpaired) electrons. The van der Waals surface area contributed by atoms with E-state index in [4.69, 9.17) is 14.2 Å². The number of nitrogens with one attached hydrogen (secondary N) is 2. The summed E-state index contributed by atoms with van der Waals surface area (Å²) in [5, 5.41) is 6.67. The highest BCUT2D eigenvalue weighted by atomic mass is 127. The highest BCUT2D eigenvalue weighted by Crippen LogP contribution is 2.11. The summed E-state index contributed by atoms with van der Waals surface area (Å²) in [6, 6.07) is 0. The predicted molar refractivity (Wildman–Crippen MR) is 118 cm³/mol. The van der Waals surface area contributed by atoms with Gasteiger partial charge in [0, 0.05) is 59.7 Å². The molecule has 0 spiro atoms. The fourth-order valence-electron chi connectivity index (χ4n) is 2.65. The molecule has 1 fully saturated rings. The van der Waals surface area contributed by atoms with Crippen LogP contribution in [-0.4, -0.2) is 90.3 Å². The Morgan fingerprint density at radius 3 is 2.77 bits per heavy atom. The molecule has 0 saturated carbocycles. The summed E-state index contributed by atoms with van der Waals surface area (Å²) >= 11 is 0. The highest BCUT2D eigenvalue weighted by Gasteiger charge is 2.14. The van der Waals surface area contributed by atoms with Gasteiger partial charge in [-0.15, -0.1) is 24.0 Å². The average molecular weight is 486 g/mol. The Morgan fingerprint density at radius 2 is 2.08 bits per heavy atom. The van der Waals surface area contributed by atoms with Crippen LogP contribution in [0.2, 0.25) is 0 Å². The minimum absolute atomic E-state index is 0. The molecule has 1 rings (SSSR count). The van der Waals surface area contributed by atoms with Crippen molar-refractivity contribution in [3.05, 3.63) is 0 Å². The fraction of sp³-hybridized carbons (Fsp3) is 0.944. The van der Waals surface area contributed by atoms with Crippen LogP contribution in [0.25, 0.3) is 0 Å². The topological polar surface area (TPSA) is 67.4 Å². The number of guanidine groups is 1. The van der Waals surface area contributed by atoms with Crippen LogP contribution < -0.4 is 10.6 Å². The molecule has 0 amide bonds. The van der Waals surface area contributed by atoms with Gasteiger partial charge in [0.25, 0.3) is 0 Å². The molecule has 0 bridgehead atoms. The molecular weight excluding hydrogens is 447 g/mol. The first kappa shape index (κ1) is 25.8. The molecule has 7 nitrogen and oxygen atoms in total. The van der Waals surface area contributed by atoms with E-state index < -0.39 is 0 Å². The summed E-state index contributed by atoms with van der Waals surface area (Å²) < 4.78 is 16.3. The van der Waals surface area contributed by atoms with E-state index >= 15 is 0 Å². The van der Waals surface area contributed by atoms with Crippen molar-refractivity contribution in [1.82, 2.24) is 15.5 Å². The lowest BCUT2D eigenvalue weighted by Crippen LogP contribution is -2.41. The Labute approximate surface area is 176 Å². The maximum atomic E-state index is 5.67. The lowest BCUT2D eigenvalue weighted by Gasteiger charge is -2.18. The number of halogens is 1. The van der Waals surface area contributed by atoms with Crippen LogP contribution in [-0.2, 0) is 14.2 Å². The highest BCUT2D eigenvalue weighted by molar-refractivity contribution is 14.0. The lowest BCUT2D eigenvalue weighted by atomic mass is 10.2. The molecule has 1 atom stereocenters. The Morgan fingerprint density at radius 1 is 1.23 bits per heavy atom. The third-order valence-electron chi connectivity index (χ3n) is 4.06. The number of rotatable bonds is 14. The standard InChI is InChI=1S/C18H38N4O3.HI/c1-4-19-18(21-10-12-22(2)11-7-13-23-3)20-9-6-14-24-16-17-8-5-15-25-17;/h17H,4-16H2,1-3H3,(H2,19,20,21);1H. The summed E-state index contributed by atoms with van der Waals surface area (Å²) in [6.07, 6.45) is 4.60. The summed E-state index contributed by atoms with van der Waals surface area (Å²) in [4.78, 5) is 6.90. The van der Waals surface area contributed by atoms with Crippen molar-refractivity contribution in [3.63, 3.8) is 0 Å². The molecule has 156 valence electrons. The molecule has 0 aromatic rings. The van der Waals surface area contributed by atoms with Crippen LogP contribution in [0, 0.1) is 0 Å². The van der Waals surface area contributed by atoms with Crippen molar-refractivity contribution in [1.29, 1.82) is 0 Å². The molecule has 26 heavy (non-hydrogen) atoms. The third kappa shape index (κ3) is 14.0. The Bertz CT molecular complexity index is 342.